The fourth-order valence-corrected chi connectivity index (χ4v) is 5.48. The zero-order valence-electron chi connectivity index (χ0n) is 20.8. The maximum atomic E-state index is 13.2. The number of hydrogen-bond donors (Lipinski definition) is 2. The van der Waals surface area contributed by atoms with E-state index in [0.717, 1.165) is 42.4 Å². The van der Waals surface area contributed by atoms with E-state index < -0.39 is 11.6 Å². The number of aryl methyl sites for hydroxylation is 1. The molecule has 1 aromatic heterocycles. The minimum absolute atomic E-state index is 0.135. The summed E-state index contributed by atoms with van der Waals surface area (Å²) in [6, 6.07) is 3.23. The van der Waals surface area contributed by atoms with Crippen LogP contribution < -0.4 is 10.6 Å². The molecular formula is C25H38N4O5. The highest BCUT2D eigenvalue weighted by atomic mass is 16.5. The minimum Gasteiger partial charge on any atom is -0.465 e. The van der Waals surface area contributed by atoms with Crippen molar-refractivity contribution in [3.05, 3.63) is 23.7 Å². The Balaban J connectivity index is 1.35. The first-order valence-electron chi connectivity index (χ1n) is 12.4. The van der Waals surface area contributed by atoms with Crippen LogP contribution in [0.2, 0.25) is 0 Å². The Labute approximate surface area is 201 Å². The summed E-state index contributed by atoms with van der Waals surface area (Å²) in [6.45, 7) is 11.3. The molecule has 3 heterocycles. The molecule has 2 N–H and O–H groups in total. The van der Waals surface area contributed by atoms with E-state index in [9.17, 15) is 14.4 Å². The number of urea groups is 1. The molecule has 0 radical (unpaired) electrons. The molecule has 9 heteroatoms. The van der Waals surface area contributed by atoms with Crippen molar-refractivity contribution in [2.24, 2.45) is 11.3 Å². The Morgan fingerprint density at radius 1 is 1.21 bits per heavy atom. The first-order chi connectivity index (χ1) is 16.1. The van der Waals surface area contributed by atoms with Crippen LogP contribution in [0.15, 0.2) is 16.5 Å². The zero-order valence-corrected chi connectivity index (χ0v) is 20.8. The SMILES string of the molecule is Cc1ccc(C(CNC(=O)CN2C(=O)NC3(CCC(C(C)(C)C)CC3)C2=O)N2CCOCC2)o1. The van der Waals surface area contributed by atoms with Crippen molar-refractivity contribution in [1.29, 1.82) is 0 Å². The fraction of sp³-hybridized carbons (Fsp3) is 0.720. The van der Waals surface area contributed by atoms with Gasteiger partial charge in [0.1, 0.15) is 23.6 Å². The maximum absolute atomic E-state index is 13.2. The number of morpholine rings is 1. The number of amides is 4. The number of ether oxygens (including phenoxy) is 1. The van der Waals surface area contributed by atoms with Gasteiger partial charge >= 0.3 is 6.03 Å². The quantitative estimate of drug-likeness (QED) is 0.615. The summed E-state index contributed by atoms with van der Waals surface area (Å²) >= 11 is 0. The Kier molecular flexibility index (Phi) is 7.05. The number of rotatable bonds is 6. The molecule has 1 aromatic rings. The number of carbonyl (C=O) groups is 3. The van der Waals surface area contributed by atoms with E-state index in [1.165, 1.54) is 0 Å². The number of carbonyl (C=O) groups excluding carboxylic acids is 3. The monoisotopic (exact) mass is 474 g/mol. The molecule has 9 nitrogen and oxygen atoms in total. The van der Waals surface area contributed by atoms with E-state index in [4.69, 9.17) is 9.15 Å². The maximum Gasteiger partial charge on any atom is 0.325 e. The average Bonchev–Trinajstić information content (AvgIpc) is 3.31. The molecule has 2 aliphatic heterocycles. The normalized spacial score (nSPS) is 27.2. The first-order valence-corrected chi connectivity index (χ1v) is 12.4. The van der Waals surface area contributed by atoms with E-state index in [-0.39, 0.29) is 29.8 Å². The molecular weight excluding hydrogens is 436 g/mol. The van der Waals surface area contributed by atoms with Crippen molar-refractivity contribution in [3.8, 4) is 0 Å². The van der Waals surface area contributed by atoms with E-state index >= 15 is 0 Å². The summed E-state index contributed by atoms with van der Waals surface area (Å²) in [6.07, 6.45) is 3.02. The van der Waals surface area contributed by atoms with Crippen LogP contribution in [-0.4, -0.2) is 72.6 Å². The number of nitrogens with one attached hydrogen (secondary N) is 2. The molecule has 3 aliphatic rings. The second-order valence-electron chi connectivity index (χ2n) is 11.0. The van der Waals surface area contributed by atoms with Gasteiger partial charge in [0.25, 0.3) is 5.91 Å². The molecule has 0 bridgehead atoms. The van der Waals surface area contributed by atoms with E-state index in [0.29, 0.717) is 38.5 Å². The molecule has 1 spiro atoms. The van der Waals surface area contributed by atoms with E-state index in [1.54, 1.807) is 0 Å². The lowest BCUT2D eigenvalue weighted by Crippen LogP contribution is -2.51. The largest absolute Gasteiger partial charge is 0.465 e. The van der Waals surface area contributed by atoms with Gasteiger partial charge in [0, 0.05) is 19.6 Å². The van der Waals surface area contributed by atoms with Crippen molar-refractivity contribution in [2.75, 3.05) is 39.4 Å². The molecule has 3 fully saturated rings. The third-order valence-electron chi connectivity index (χ3n) is 7.68. The lowest BCUT2D eigenvalue weighted by Gasteiger charge is -2.40. The van der Waals surface area contributed by atoms with Gasteiger partial charge in [-0.15, -0.1) is 0 Å². The Bertz CT molecular complexity index is 907. The van der Waals surface area contributed by atoms with Gasteiger partial charge in [0.05, 0.1) is 19.3 Å². The summed E-state index contributed by atoms with van der Waals surface area (Å²) in [5, 5.41) is 5.83. The minimum atomic E-state index is -0.860. The lowest BCUT2D eigenvalue weighted by atomic mass is 9.67. The highest BCUT2D eigenvalue weighted by Gasteiger charge is 2.53. The predicted octanol–water partition coefficient (Wildman–Crippen LogP) is 2.60. The summed E-state index contributed by atoms with van der Waals surface area (Å²) in [5.41, 5.74) is -0.683. The average molecular weight is 475 g/mol. The van der Waals surface area contributed by atoms with E-state index in [1.807, 2.05) is 19.1 Å². The van der Waals surface area contributed by atoms with Crippen LogP contribution >= 0.6 is 0 Å². The predicted molar refractivity (Wildman–Crippen MR) is 126 cm³/mol. The third-order valence-corrected chi connectivity index (χ3v) is 7.68. The molecule has 1 aliphatic carbocycles. The molecule has 4 rings (SSSR count). The van der Waals surface area contributed by atoms with Crippen molar-refractivity contribution in [2.45, 2.75) is 65.0 Å². The second kappa shape index (κ2) is 9.70. The van der Waals surface area contributed by atoms with Crippen LogP contribution in [0.4, 0.5) is 4.79 Å². The van der Waals surface area contributed by atoms with Gasteiger partial charge < -0.3 is 19.8 Å². The lowest BCUT2D eigenvalue weighted by molar-refractivity contribution is -0.136. The third kappa shape index (κ3) is 5.15. The number of nitrogens with zero attached hydrogens (tertiary/aromatic N) is 2. The van der Waals surface area contributed by atoms with Gasteiger partial charge in [0.15, 0.2) is 0 Å². The smallest absolute Gasteiger partial charge is 0.325 e. The van der Waals surface area contributed by atoms with Crippen LogP contribution in [0.3, 0.4) is 0 Å². The van der Waals surface area contributed by atoms with Gasteiger partial charge in [-0.05, 0) is 56.1 Å². The first kappa shape index (κ1) is 24.7. The molecule has 188 valence electrons. The molecule has 34 heavy (non-hydrogen) atoms. The molecule has 1 atom stereocenters. The molecule has 2 saturated heterocycles. The van der Waals surface area contributed by atoms with Crippen molar-refractivity contribution < 1.29 is 23.5 Å². The van der Waals surface area contributed by atoms with Crippen LogP contribution in [0.25, 0.3) is 0 Å². The van der Waals surface area contributed by atoms with Crippen LogP contribution in [0.5, 0.6) is 0 Å². The summed E-state index contributed by atoms with van der Waals surface area (Å²) in [4.78, 5) is 42.0. The summed E-state index contributed by atoms with van der Waals surface area (Å²) in [7, 11) is 0. The number of hydrogen-bond acceptors (Lipinski definition) is 6. The fourth-order valence-electron chi connectivity index (χ4n) is 5.48. The second-order valence-corrected chi connectivity index (χ2v) is 11.0. The summed E-state index contributed by atoms with van der Waals surface area (Å²) < 4.78 is 11.3. The van der Waals surface area contributed by atoms with Gasteiger partial charge in [-0.1, -0.05) is 20.8 Å². The van der Waals surface area contributed by atoms with E-state index in [2.05, 4.69) is 36.3 Å². The van der Waals surface area contributed by atoms with Crippen molar-refractivity contribution in [3.63, 3.8) is 0 Å². The zero-order chi connectivity index (χ0) is 24.5. The van der Waals surface area contributed by atoms with Crippen molar-refractivity contribution >= 4 is 17.8 Å². The van der Waals surface area contributed by atoms with Crippen LogP contribution in [-0.2, 0) is 14.3 Å². The molecule has 1 unspecified atom stereocenters. The van der Waals surface area contributed by atoms with Crippen LogP contribution in [0, 0.1) is 18.3 Å². The van der Waals surface area contributed by atoms with Gasteiger partial charge in [-0.3, -0.25) is 19.4 Å². The van der Waals surface area contributed by atoms with Gasteiger partial charge in [-0.2, -0.15) is 0 Å². The Hall–Kier alpha value is -2.39. The van der Waals surface area contributed by atoms with Crippen LogP contribution in [0.1, 0.15) is 64.0 Å². The van der Waals surface area contributed by atoms with Gasteiger partial charge in [-0.25, -0.2) is 4.79 Å². The highest BCUT2D eigenvalue weighted by Crippen LogP contribution is 2.43. The number of imide groups is 1. The molecule has 1 saturated carbocycles. The Morgan fingerprint density at radius 3 is 2.47 bits per heavy atom. The Morgan fingerprint density at radius 2 is 1.88 bits per heavy atom. The number of furan rings is 1. The molecule has 0 aromatic carbocycles. The standard InChI is InChI=1S/C25H38N4O5/c1-17-5-6-20(34-17)19(28-11-13-33-14-12-28)15-26-21(30)16-29-22(31)25(27-23(29)32)9-7-18(8-10-25)24(2,3)4/h5-6,18-19H,7-16H2,1-4H3,(H,26,30)(H,27,32). The van der Waals surface area contributed by atoms with Crippen molar-refractivity contribution in [1.82, 2.24) is 20.4 Å². The highest BCUT2D eigenvalue weighted by molar-refractivity contribution is 6.09. The topological polar surface area (TPSA) is 104 Å². The van der Waals surface area contributed by atoms with Gasteiger partial charge in [0.2, 0.25) is 5.91 Å². The summed E-state index contributed by atoms with van der Waals surface area (Å²) in [5.74, 6) is 1.48. The molecule has 4 amide bonds.